The molecule has 8 heteroatoms. The topological polar surface area (TPSA) is 36.9 Å². The second-order valence-electron chi connectivity index (χ2n) is 5.56. The monoisotopic (exact) mass is 386 g/mol. The van der Waals surface area contributed by atoms with E-state index in [2.05, 4.69) is 13.8 Å². The zero-order valence-electron chi connectivity index (χ0n) is 15.0. The van der Waals surface area contributed by atoms with E-state index in [-0.39, 0.29) is 0 Å². The molecule has 134 valence electrons. The summed E-state index contributed by atoms with van der Waals surface area (Å²) in [4.78, 5) is 0. The van der Waals surface area contributed by atoms with Gasteiger partial charge in [0.05, 0.1) is 0 Å². The third-order valence-corrected chi connectivity index (χ3v) is 10.7. The molecule has 0 rings (SSSR count). The van der Waals surface area contributed by atoms with Crippen LogP contribution in [0.25, 0.3) is 0 Å². The Morgan fingerprint density at radius 3 is 1.27 bits per heavy atom. The van der Waals surface area contributed by atoms with Gasteiger partial charge in [-0.25, -0.2) is 0 Å². The predicted octanol–water partition coefficient (Wildman–Crippen LogP) is 3.74. The Hall–Kier alpha value is 0.974. The van der Waals surface area contributed by atoms with Crippen LogP contribution in [0.5, 0.6) is 0 Å². The molecule has 0 fully saturated rings. The standard InChI is InChI=1S/C14H34O4S2Si2/c1-13(21(15-3)16-4)9-7-11-19-20-12-8-10-14(2)22(17-5)18-6/h13-14,21-22H,7-12H2,1-6H3. The molecule has 2 unspecified atom stereocenters. The van der Waals surface area contributed by atoms with E-state index in [1.165, 1.54) is 37.2 Å². The van der Waals surface area contributed by atoms with Crippen molar-refractivity contribution in [2.75, 3.05) is 39.9 Å². The molecule has 0 saturated heterocycles. The van der Waals surface area contributed by atoms with E-state index >= 15 is 0 Å². The maximum Gasteiger partial charge on any atom is 0.323 e. The first-order valence-electron chi connectivity index (χ1n) is 7.96. The van der Waals surface area contributed by atoms with Crippen LogP contribution in [0.1, 0.15) is 39.5 Å². The third-order valence-electron chi connectivity index (χ3n) is 3.72. The summed E-state index contributed by atoms with van der Waals surface area (Å²) in [6, 6.07) is 0. The molecule has 22 heavy (non-hydrogen) atoms. The molecule has 0 heterocycles. The lowest BCUT2D eigenvalue weighted by atomic mass is 10.3. The van der Waals surface area contributed by atoms with Gasteiger partial charge in [-0.15, -0.1) is 0 Å². The molecule has 0 amide bonds. The van der Waals surface area contributed by atoms with Crippen molar-refractivity contribution in [1.29, 1.82) is 0 Å². The minimum atomic E-state index is -1.42. The number of rotatable bonds is 15. The third kappa shape index (κ3) is 10.7. The van der Waals surface area contributed by atoms with Gasteiger partial charge in [-0.05, 0) is 36.8 Å². The largest absolute Gasteiger partial charge is 0.400 e. The average Bonchev–Trinajstić information content (AvgIpc) is 2.52. The molecule has 0 aromatic heterocycles. The molecule has 0 aliphatic heterocycles. The number of hydrogen-bond donors (Lipinski definition) is 0. The lowest BCUT2D eigenvalue weighted by molar-refractivity contribution is 0.264. The first-order chi connectivity index (χ1) is 10.6. The van der Waals surface area contributed by atoms with Crippen molar-refractivity contribution in [3.05, 3.63) is 0 Å². The molecule has 0 aromatic carbocycles. The number of hydrogen-bond acceptors (Lipinski definition) is 6. The van der Waals surface area contributed by atoms with Gasteiger partial charge in [0.1, 0.15) is 0 Å². The van der Waals surface area contributed by atoms with E-state index in [1.54, 1.807) is 28.4 Å². The Morgan fingerprint density at radius 2 is 1.00 bits per heavy atom. The Kier molecular flexibility index (Phi) is 16.2. The highest BCUT2D eigenvalue weighted by Crippen LogP contribution is 2.28. The van der Waals surface area contributed by atoms with Gasteiger partial charge in [-0.2, -0.15) is 0 Å². The second-order valence-corrected chi connectivity index (χ2v) is 13.9. The summed E-state index contributed by atoms with van der Waals surface area (Å²) < 4.78 is 21.7. The highest BCUT2D eigenvalue weighted by molar-refractivity contribution is 8.76. The Morgan fingerprint density at radius 1 is 0.682 bits per heavy atom. The molecular weight excluding hydrogens is 352 g/mol. The molecular formula is C14H34O4S2Si2. The summed E-state index contributed by atoms with van der Waals surface area (Å²) in [5.74, 6) is 2.43. The highest BCUT2D eigenvalue weighted by atomic mass is 33.1. The van der Waals surface area contributed by atoms with Gasteiger partial charge >= 0.3 is 18.6 Å². The minimum absolute atomic E-state index is 0.589. The van der Waals surface area contributed by atoms with Crippen molar-refractivity contribution in [1.82, 2.24) is 0 Å². The second kappa shape index (κ2) is 15.5. The quantitative estimate of drug-likeness (QED) is 0.242. The Bertz CT molecular complexity index is 221. The first-order valence-corrected chi connectivity index (χ1v) is 13.7. The van der Waals surface area contributed by atoms with Crippen molar-refractivity contribution in [2.24, 2.45) is 0 Å². The van der Waals surface area contributed by atoms with Gasteiger partial charge in [0.25, 0.3) is 0 Å². The zero-order chi connectivity index (χ0) is 16.8. The maximum atomic E-state index is 5.42. The van der Waals surface area contributed by atoms with Crippen LogP contribution in [0, 0.1) is 0 Å². The minimum Gasteiger partial charge on any atom is -0.400 e. The van der Waals surface area contributed by atoms with Crippen LogP contribution >= 0.6 is 21.6 Å². The fraction of sp³-hybridized carbons (Fsp3) is 1.00. The summed E-state index contributed by atoms with van der Waals surface area (Å²) in [7, 11) is 8.21. The van der Waals surface area contributed by atoms with Crippen LogP contribution in [0.15, 0.2) is 0 Å². The van der Waals surface area contributed by atoms with E-state index in [4.69, 9.17) is 17.7 Å². The molecule has 0 aliphatic rings. The van der Waals surface area contributed by atoms with E-state index < -0.39 is 18.6 Å². The van der Waals surface area contributed by atoms with Crippen LogP contribution in [-0.4, -0.2) is 58.5 Å². The van der Waals surface area contributed by atoms with Gasteiger partial charge < -0.3 is 17.7 Å². The van der Waals surface area contributed by atoms with Crippen LogP contribution in [0.3, 0.4) is 0 Å². The van der Waals surface area contributed by atoms with E-state index in [0.717, 1.165) is 0 Å². The van der Waals surface area contributed by atoms with Crippen molar-refractivity contribution in [3.63, 3.8) is 0 Å². The summed E-state index contributed by atoms with van der Waals surface area (Å²) in [5, 5.41) is 0. The maximum absolute atomic E-state index is 5.42. The van der Waals surface area contributed by atoms with Crippen LogP contribution < -0.4 is 0 Å². The van der Waals surface area contributed by atoms with Crippen LogP contribution in [0.4, 0.5) is 0 Å². The summed E-state index contributed by atoms with van der Waals surface area (Å²) >= 11 is 0. The van der Waals surface area contributed by atoms with Crippen LogP contribution in [0.2, 0.25) is 11.1 Å². The molecule has 0 radical (unpaired) electrons. The van der Waals surface area contributed by atoms with Gasteiger partial charge in [-0.3, -0.25) is 0 Å². The normalized spacial score (nSPS) is 14.7. The van der Waals surface area contributed by atoms with Crippen molar-refractivity contribution < 1.29 is 17.7 Å². The summed E-state index contributed by atoms with van der Waals surface area (Å²) in [6.07, 6.45) is 4.90. The van der Waals surface area contributed by atoms with E-state index in [1.807, 2.05) is 21.6 Å². The lowest BCUT2D eigenvalue weighted by Gasteiger charge is -2.18. The van der Waals surface area contributed by atoms with Gasteiger partial charge in [0, 0.05) is 39.9 Å². The lowest BCUT2D eigenvalue weighted by Crippen LogP contribution is -2.24. The fourth-order valence-corrected chi connectivity index (χ4v) is 7.92. The van der Waals surface area contributed by atoms with E-state index in [9.17, 15) is 0 Å². The molecule has 0 bridgehead atoms. The first kappa shape index (κ1) is 23.0. The van der Waals surface area contributed by atoms with Gasteiger partial charge in [0.2, 0.25) is 0 Å². The fourth-order valence-electron chi connectivity index (χ4n) is 2.44. The summed E-state index contributed by atoms with van der Waals surface area (Å²) in [5.41, 5.74) is 1.18. The van der Waals surface area contributed by atoms with Crippen LogP contribution in [-0.2, 0) is 17.7 Å². The predicted molar refractivity (Wildman–Crippen MR) is 105 cm³/mol. The summed E-state index contributed by atoms with van der Waals surface area (Å²) in [6.45, 7) is 4.49. The van der Waals surface area contributed by atoms with Crippen molar-refractivity contribution in [3.8, 4) is 0 Å². The Balaban J connectivity index is 3.47. The molecule has 0 aromatic rings. The Labute approximate surface area is 148 Å². The average molecular weight is 387 g/mol. The molecule has 0 saturated carbocycles. The van der Waals surface area contributed by atoms with Gasteiger partial charge in [-0.1, -0.05) is 35.4 Å². The molecule has 2 atom stereocenters. The highest BCUT2D eigenvalue weighted by Gasteiger charge is 2.19. The zero-order valence-corrected chi connectivity index (χ0v) is 18.9. The van der Waals surface area contributed by atoms with Crippen molar-refractivity contribution in [2.45, 2.75) is 50.6 Å². The SMILES string of the molecule is CO[SiH](OC)C(C)CCCSSCCCC(C)[SiH](OC)OC. The smallest absolute Gasteiger partial charge is 0.323 e. The van der Waals surface area contributed by atoms with E-state index in [0.29, 0.717) is 11.1 Å². The van der Waals surface area contributed by atoms with Crippen molar-refractivity contribution >= 4 is 40.2 Å². The molecule has 0 N–H and O–H groups in total. The molecule has 0 spiro atoms. The molecule has 0 aliphatic carbocycles. The molecule has 4 nitrogen and oxygen atoms in total. The van der Waals surface area contributed by atoms with Gasteiger partial charge in [0.15, 0.2) is 0 Å².